The minimum absolute atomic E-state index is 0.235. The Kier molecular flexibility index (Phi) is 3.29. The fraction of sp³-hybridized carbons (Fsp3) is 0.750. The zero-order valence-electron chi connectivity index (χ0n) is 8.34. The molecule has 0 spiro atoms. The molecule has 0 aliphatic carbocycles. The Morgan fingerprint density at radius 1 is 1.50 bits per heavy atom. The Bertz CT molecular complexity index is 345. The van der Waals surface area contributed by atoms with Crippen molar-refractivity contribution in [1.29, 1.82) is 0 Å². The molecule has 0 saturated carbocycles. The number of rotatable bonds is 3. The molecule has 1 aromatic rings. The molecule has 1 unspecified atom stereocenters. The van der Waals surface area contributed by atoms with Crippen LogP contribution < -0.4 is 10.6 Å². The standard InChI is InChI=1S/C8H11F3N4S/c9-8(10,11)6-14-7(16-15-6)13-4-5-1-2-12-3-5/h5,12H,1-4H2,(H,13,14,15). The van der Waals surface area contributed by atoms with E-state index in [0.717, 1.165) is 31.0 Å². The van der Waals surface area contributed by atoms with Crippen molar-refractivity contribution < 1.29 is 13.2 Å². The van der Waals surface area contributed by atoms with Gasteiger partial charge in [-0.2, -0.15) is 22.5 Å². The predicted octanol–water partition coefficient (Wildman–Crippen LogP) is 1.58. The lowest BCUT2D eigenvalue weighted by molar-refractivity contribution is -0.144. The molecule has 16 heavy (non-hydrogen) atoms. The van der Waals surface area contributed by atoms with Crippen LogP contribution in [0.2, 0.25) is 0 Å². The van der Waals surface area contributed by atoms with Gasteiger partial charge in [0.15, 0.2) is 0 Å². The molecule has 8 heteroatoms. The van der Waals surface area contributed by atoms with Gasteiger partial charge in [0.1, 0.15) is 0 Å². The first-order valence-corrected chi connectivity index (χ1v) is 5.68. The number of alkyl halides is 3. The summed E-state index contributed by atoms with van der Waals surface area (Å²) in [5.41, 5.74) is 0. The maximum Gasteiger partial charge on any atom is 0.452 e. The molecule has 0 bridgehead atoms. The largest absolute Gasteiger partial charge is 0.452 e. The Morgan fingerprint density at radius 2 is 2.31 bits per heavy atom. The average molecular weight is 252 g/mol. The number of nitrogens with zero attached hydrogens (tertiary/aromatic N) is 2. The van der Waals surface area contributed by atoms with E-state index in [9.17, 15) is 13.2 Å². The van der Waals surface area contributed by atoms with Gasteiger partial charge in [0.25, 0.3) is 0 Å². The molecular weight excluding hydrogens is 241 g/mol. The molecule has 1 aliphatic heterocycles. The van der Waals surface area contributed by atoms with E-state index in [-0.39, 0.29) is 5.13 Å². The highest BCUT2D eigenvalue weighted by molar-refractivity contribution is 7.09. The number of anilines is 1. The lowest BCUT2D eigenvalue weighted by Crippen LogP contribution is -2.17. The fourth-order valence-corrected chi connectivity index (χ4v) is 2.12. The summed E-state index contributed by atoms with van der Waals surface area (Å²) in [4.78, 5) is 3.39. The third kappa shape index (κ3) is 2.82. The van der Waals surface area contributed by atoms with Gasteiger partial charge < -0.3 is 10.6 Å². The molecule has 1 aliphatic rings. The zero-order chi connectivity index (χ0) is 11.6. The van der Waals surface area contributed by atoms with Crippen LogP contribution in [0.3, 0.4) is 0 Å². The van der Waals surface area contributed by atoms with Crippen molar-refractivity contribution in [2.75, 3.05) is 25.0 Å². The number of halogens is 3. The highest BCUT2D eigenvalue weighted by Crippen LogP contribution is 2.29. The summed E-state index contributed by atoms with van der Waals surface area (Å²) in [6, 6.07) is 0. The summed E-state index contributed by atoms with van der Waals surface area (Å²) < 4.78 is 39.8. The number of aromatic nitrogens is 2. The van der Waals surface area contributed by atoms with Crippen LogP contribution in [0.1, 0.15) is 12.2 Å². The summed E-state index contributed by atoms with van der Waals surface area (Å²) >= 11 is 0.747. The fourth-order valence-electron chi connectivity index (χ4n) is 1.53. The second-order valence-electron chi connectivity index (χ2n) is 3.66. The third-order valence-electron chi connectivity index (χ3n) is 2.38. The molecule has 1 atom stereocenters. The van der Waals surface area contributed by atoms with E-state index in [1.165, 1.54) is 0 Å². The average Bonchev–Trinajstić information content (AvgIpc) is 2.85. The second kappa shape index (κ2) is 4.54. The van der Waals surface area contributed by atoms with E-state index >= 15 is 0 Å². The summed E-state index contributed by atoms with van der Waals surface area (Å²) in [5.74, 6) is -0.609. The molecule has 2 N–H and O–H groups in total. The quantitative estimate of drug-likeness (QED) is 0.857. The van der Waals surface area contributed by atoms with Gasteiger partial charge in [0.2, 0.25) is 11.0 Å². The highest BCUT2D eigenvalue weighted by Gasteiger charge is 2.36. The van der Waals surface area contributed by atoms with E-state index in [1.807, 2.05) is 0 Å². The first-order chi connectivity index (χ1) is 7.55. The van der Waals surface area contributed by atoms with Crippen molar-refractivity contribution in [2.24, 2.45) is 5.92 Å². The molecule has 1 fully saturated rings. The second-order valence-corrected chi connectivity index (χ2v) is 4.41. The molecule has 0 amide bonds. The number of nitrogens with one attached hydrogen (secondary N) is 2. The molecular formula is C8H11F3N4S. The molecule has 0 radical (unpaired) electrons. The number of hydrogen-bond acceptors (Lipinski definition) is 5. The van der Waals surface area contributed by atoms with Crippen LogP contribution in [0.25, 0.3) is 0 Å². The van der Waals surface area contributed by atoms with Crippen molar-refractivity contribution in [2.45, 2.75) is 12.6 Å². The first kappa shape index (κ1) is 11.6. The van der Waals surface area contributed by atoms with Gasteiger partial charge >= 0.3 is 6.18 Å². The summed E-state index contributed by atoms with van der Waals surface area (Å²) in [5, 5.41) is 6.30. The molecule has 1 aromatic heterocycles. The Labute approximate surface area is 94.4 Å². The molecule has 0 aromatic carbocycles. The van der Waals surface area contributed by atoms with Crippen LogP contribution in [0, 0.1) is 5.92 Å². The van der Waals surface area contributed by atoms with Crippen molar-refractivity contribution >= 4 is 16.7 Å². The summed E-state index contributed by atoms with van der Waals surface area (Å²) in [6.45, 7) is 2.51. The zero-order valence-corrected chi connectivity index (χ0v) is 9.16. The van der Waals surface area contributed by atoms with E-state index in [4.69, 9.17) is 0 Å². The molecule has 4 nitrogen and oxygen atoms in total. The molecule has 2 rings (SSSR count). The molecule has 2 heterocycles. The highest BCUT2D eigenvalue weighted by atomic mass is 32.1. The monoisotopic (exact) mass is 252 g/mol. The van der Waals surface area contributed by atoms with Crippen molar-refractivity contribution in [1.82, 2.24) is 14.7 Å². The first-order valence-electron chi connectivity index (χ1n) is 4.91. The van der Waals surface area contributed by atoms with Gasteiger partial charge in [0.05, 0.1) is 0 Å². The summed E-state index contributed by atoms with van der Waals surface area (Å²) in [7, 11) is 0. The van der Waals surface area contributed by atoms with Gasteiger partial charge in [-0.05, 0) is 25.4 Å². The Balaban J connectivity index is 1.87. The number of hydrogen-bond donors (Lipinski definition) is 2. The van der Waals surface area contributed by atoms with Gasteiger partial charge in [0, 0.05) is 18.1 Å². The van der Waals surface area contributed by atoms with Crippen LogP contribution in [0.15, 0.2) is 0 Å². The van der Waals surface area contributed by atoms with Crippen LogP contribution in [-0.2, 0) is 6.18 Å². The van der Waals surface area contributed by atoms with E-state index in [2.05, 4.69) is 20.0 Å². The SMILES string of the molecule is FC(F)(F)c1nsc(NCC2CCNC2)n1. The minimum atomic E-state index is -4.45. The normalized spacial score (nSPS) is 21.3. The molecule has 90 valence electrons. The Morgan fingerprint density at radius 3 is 2.88 bits per heavy atom. The van der Waals surface area contributed by atoms with E-state index in [1.54, 1.807) is 0 Å². The maximum atomic E-state index is 12.2. The van der Waals surface area contributed by atoms with Crippen LogP contribution >= 0.6 is 11.5 Å². The Hall–Kier alpha value is -0.890. The van der Waals surface area contributed by atoms with E-state index in [0.29, 0.717) is 12.5 Å². The third-order valence-corrected chi connectivity index (χ3v) is 3.06. The van der Waals surface area contributed by atoms with Crippen molar-refractivity contribution in [3.8, 4) is 0 Å². The van der Waals surface area contributed by atoms with Crippen LogP contribution in [0.4, 0.5) is 18.3 Å². The van der Waals surface area contributed by atoms with Gasteiger partial charge in [-0.1, -0.05) is 0 Å². The smallest absolute Gasteiger partial charge is 0.360 e. The van der Waals surface area contributed by atoms with Crippen LogP contribution in [0.5, 0.6) is 0 Å². The maximum absolute atomic E-state index is 12.2. The summed E-state index contributed by atoms with van der Waals surface area (Å²) in [6.07, 6.45) is -3.41. The van der Waals surface area contributed by atoms with Gasteiger partial charge in [-0.3, -0.25) is 0 Å². The minimum Gasteiger partial charge on any atom is -0.360 e. The predicted molar refractivity (Wildman–Crippen MR) is 54.4 cm³/mol. The van der Waals surface area contributed by atoms with Gasteiger partial charge in [-0.25, -0.2) is 0 Å². The van der Waals surface area contributed by atoms with Gasteiger partial charge in [-0.15, -0.1) is 0 Å². The van der Waals surface area contributed by atoms with Crippen LogP contribution in [-0.4, -0.2) is 29.0 Å². The topological polar surface area (TPSA) is 49.8 Å². The molecule has 1 saturated heterocycles. The van der Waals surface area contributed by atoms with E-state index < -0.39 is 12.0 Å². The lowest BCUT2D eigenvalue weighted by Gasteiger charge is -2.07. The van der Waals surface area contributed by atoms with Crippen molar-refractivity contribution in [3.05, 3.63) is 5.82 Å². The van der Waals surface area contributed by atoms with Crippen molar-refractivity contribution in [3.63, 3.8) is 0 Å². The lowest BCUT2D eigenvalue weighted by atomic mass is 10.1.